The summed E-state index contributed by atoms with van der Waals surface area (Å²) in [6, 6.07) is 0. The van der Waals surface area contributed by atoms with E-state index in [-0.39, 0.29) is 37.7 Å². The van der Waals surface area contributed by atoms with Gasteiger partial charge in [0.05, 0.1) is 13.2 Å². The van der Waals surface area contributed by atoms with Crippen molar-refractivity contribution in [2.45, 2.75) is 24.4 Å². The summed E-state index contributed by atoms with van der Waals surface area (Å²) >= 11 is 0. The van der Waals surface area contributed by atoms with Gasteiger partial charge < -0.3 is 30.6 Å². The molecule has 0 heterocycles. The summed E-state index contributed by atoms with van der Waals surface area (Å²) in [5.41, 5.74) is 0. The molecule has 0 saturated carbocycles. The summed E-state index contributed by atoms with van der Waals surface area (Å²) < 4.78 is 0. The predicted octanol–water partition coefficient (Wildman–Crippen LogP) is -3.97. The zero-order valence-corrected chi connectivity index (χ0v) is 9.32. The minimum absolute atomic E-state index is 0. The van der Waals surface area contributed by atoms with Gasteiger partial charge in [-0.25, -0.2) is 0 Å². The van der Waals surface area contributed by atoms with E-state index in [1.807, 2.05) is 0 Å². The van der Waals surface area contributed by atoms with E-state index < -0.39 is 37.6 Å². The van der Waals surface area contributed by atoms with Crippen molar-refractivity contribution < 1.29 is 30.6 Å². The first-order valence-corrected chi connectivity index (χ1v) is 3.48. The van der Waals surface area contributed by atoms with Gasteiger partial charge in [-0.3, -0.25) is 0 Å². The fourth-order valence-electron chi connectivity index (χ4n) is 0.671. The van der Waals surface area contributed by atoms with Crippen LogP contribution in [-0.2, 0) is 0 Å². The second-order valence-electron chi connectivity index (χ2n) is 2.48. The van der Waals surface area contributed by atoms with Crippen molar-refractivity contribution in [2.24, 2.45) is 0 Å². The SMILES string of the molecule is OC[C@@H](O)[C@@H](O)[C@H](O)[C@H](O)CO.[Ca+2]. The van der Waals surface area contributed by atoms with Crippen molar-refractivity contribution in [3.8, 4) is 0 Å². The Bertz CT molecular complexity index is 110. The molecule has 0 spiro atoms. The molecule has 0 amide bonds. The van der Waals surface area contributed by atoms with E-state index in [0.717, 1.165) is 0 Å². The second-order valence-corrected chi connectivity index (χ2v) is 2.48. The third-order valence-electron chi connectivity index (χ3n) is 1.51. The maximum Gasteiger partial charge on any atom is 2.00 e. The Balaban J connectivity index is 0. The van der Waals surface area contributed by atoms with Crippen molar-refractivity contribution in [1.82, 2.24) is 0 Å². The van der Waals surface area contributed by atoms with Gasteiger partial charge in [0.15, 0.2) is 0 Å². The van der Waals surface area contributed by atoms with Crippen LogP contribution in [0.3, 0.4) is 0 Å². The monoisotopic (exact) mass is 222 g/mol. The minimum atomic E-state index is -1.67. The fourth-order valence-corrected chi connectivity index (χ4v) is 0.671. The summed E-state index contributed by atoms with van der Waals surface area (Å²) in [4.78, 5) is 0. The molecule has 0 aromatic heterocycles. The molecule has 6 nitrogen and oxygen atoms in total. The standard InChI is InChI=1S/C6H14O6.Ca/c7-1-3(9)5(11)6(12)4(10)2-8;/h3-12H,1-2H2;/q;+2/t3-,4-,5-,6-;/m1./s1. The summed E-state index contributed by atoms with van der Waals surface area (Å²) in [6.45, 7) is -1.45. The van der Waals surface area contributed by atoms with Gasteiger partial charge in [-0.15, -0.1) is 0 Å². The first-order valence-electron chi connectivity index (χ1n) is 3.48. The minimum Gasteiger partial charge on any atom is -0.394 e. The third kappa shape index (κ3) is 5.46. The predicted molar refractivity (Wildman–Crippen MR) is 44.0 cm³/mol. The van der Waals surface area contributed by atoms with Crippen LogP contribution in [-0.4, -0.2) is 106 Å². The molecule has 13 heavy (non-hydrogen) atoms. The van der Waals surface area contributed by atoms with E-state index in [1.165, 1.54) is 0 Å². The number of hydrogen-bond donors (Lipinski definition) is 6. The summed E-state index contributed by atoms with van der Waals surface area (Å²) in [6.07, 6.45) is -6.39. The molecule has 0 rings (SSSR count). The van der Waals surface area contributed by atoms with Crippen molar-refractivity contribution in [2.75, 3.05) is 13.2 Å². The zero-order valence-electron chi connectivity index (χ0n) is 7.11. The van der Waals surface area contributed by atoms with E-state index in [1.54, 1.807) is 0 Å². The molecule has 74 valence electrons. The Labute approximate surface area is 105 Å². The van der Waals surface area contributed by atoms with E-state index in [9.17, 15) is 0 Å². The number of aliphatic hydroxyl groups excluding tert-OH is 6. The van der Waals surface area contributed by atoms with Crippen molar-refractivity contribution in [3.05, 3.63) is 0 Å². The molecule has 0 bridgehead atoms. The van der Waals surface area contributed by atoms with Crippen LogP contribution in [0.5, 0.6) is 0 Å². The average molecular weight is 222 g/mol. The Morgan fingerprint density at radius 2 is 0.923 bits per heavy atom. The third-order valence-corrected chi connectivity index (χ3v) is 1.51. The Morgan fingerprint density at radius 1 is 0.692 bits per heavy atom. The quantitative estimate of drug-likeness (QED) is 0.264. The van der Waals surface area contributed by atoms with Crippen LogP contribution in [0.2, 0.25) is 0 Å². The van der Waals surface area contributed by atoms with Crippen LogP contribution in [0.15, 0.2) is 0 Å². The van der Waals surface area contributed by atoms with Gasteiger partial charge in [-0.2, -0.15) is 0 Å². The van der Waals surface area contributed by atoms with Gasteiger partial charge in [0, 0.05) is 0 Å². The van der Waals surface area contributed by atoms with Crippen LogP contribution >= 0.6 is 0 Å². The first kappa shape index (κ1) is 16.4. The molecule has 0 aliphatic carbocycles. The van der Waals surface area contributed by atoms with Gasteiger partial charge in [-0.1, -0.05) is 0 Å². The largest absolute Gasteiger partial charge is 2.00 e. The van der Waals surface area contributed by atoms with E-state index in [4.69, 9.17) is 30.6 Å². The second kappa shape index (κ2) is 8.34. The fraction of sp³-hybridized carbons (Fsp3) is 1.00. The average Bonchev–Trinajstić information content (AvgIpc) is 2.12. The molecule has 0 aliphatic rings. The molecule has 0 aromatic carbocycles. The molecule has 0 aromatic rings. The molecule has 6 N–H and O–H groups in total. The summed E-state index contributed by atoms with van der Waals surface area (Å²) in [7, 11) is 0. The Hall–Kier alpha value is 1.02. The van der Waals surface area contributed by atoms with Crippen LogP contribution < -0.4 is 0 Å². The Morgan fingerprint density at radius 3 is 1.08 bits per heavy atom. The van der Waals surface area contributed by atoms with E-state index in [0.29, 0.717) is 0 Å². The number of hydrogen-bond acceptors (Lipinski definition) is 6. The molecule has 0 saturated heterocycles. The molecule has 0 fully saturated rings. The number of aliphatic hydroxyl groups is 6. The molecule has 0 unspecified atom stereocenters. The summed E-state index contributed by atoms with van der Waals surface area (Å²) in [5, 5.41) is 52.2. The molecule has 4 atom stereocenters. The maximum absolute atomic E-state index is 8.96. The van der Waals surface area contributed by atoms with Crippen LogP contribution in [0.25, 0.3) is 0 Å². The van der Waals surface area contributed by atoms with Gasteiger partial charge in [-0.05, 0) is 0 Å². The van der Waals surface area contributed by atoms with Crippen molar-refractivity contribution >= 4 is 37.7 Å². The van der Waals surface area contributed by atoms with Gasteiger partial charge >= 0.3 is 37.7 Å². The van der Waals surface area contributed by atoms with Crippen LogP contribution in [0.1, 0.15) is 0 Å². The van der Waals surface area contributed by atoms with Crippen molar-refractivity contribution in [3.63, 3.8) is 0 Å². The van der Waals surface area contributed by atoms with E-state index >= 15 is 0 Å². The molecular formula is C6H14CaO6+2. The van der Waals surface area contributed by atoms with Gasteiger partial charge in [0.25, 0.3) is 0 Å². The number of rotatable bonds is 5. The zero-order chi connectivity index (χ0) is 9.72. The smallest absolute Gasteiger partial charge is 0.394 e. The molecule has 7 heteroatoms. The van der Waals surface area contributed by atoms with Gasteiger partial charge in [0.2, 0.25) is 0 Å². The first-order chi connectivity index (χ1) is 5.54. The van der Waals surface area contributed by atoms with E-state index in [2.05, 4.69) is 0 Å². The maximum atomic E-state index is 8.96. The topological polar surface area (TPSA) is 121 Å². The van der Waals surface area contributed by atoms with Crippen LogP contribution in [0.4, 0.5) is 0 Å². The Kier molecular flexibility index (Phi) is 10.6. The molecule has 0 radical (unpaired) electrons. The molecule has 0 aliphatic heterocycles. The molecular weight excluding hydrogens is 208 g/mol. The van der Waals surface area contributed by atoms with Crippen LogP contribution in [0, 0.1) is 0 Å². The normalized spacial score (nSPS) is 19.8. The summed E-state index contributed by atoms with van der Waals surface area (Å²) in [5.74, 6) is 0. The van der Waals surface area contributed by atoms with Gasteiger partial charge in [0.1, 0.15) is 24.4 Å². The van der Waals surface area contributed by atoms with Crippen molar-refractivity contribution in [1.29, 1.82) is 0 Å².